The van der Waals surface area contributed by atoms with E-state index < -0.39 is 10.0 Å². The van der Waals surface area contributed by atoms with Crippen LogP contribution in [0, 0.1) is 12.8 Å². The standard InChI is InChI=1S/C23H28N4O4S/c1-15-5-4-10-24-22(15)25-23(29)18-8-11-26(12-9-18)32(30,31)20-6-7-21-19(14-20)13-16(2)27(21)17(3)28/h4-7,10,14,16,18H,8-9,11-13H2,1-3H3,(H,24,25,29)/t16-/m1/s1. The fraction of sp³-hybridized carbons (Fsp3) is 0.435. The molecule has 0 bridgehead atoms. The molecule has 0 spiro atoms. The van der Waals surface area contributed by atoms with Gasteiger partial charge in [0.05, 0.1) is 4.90 Å². The molecule has 1 fully saturated rings. The van der Waals surface area contributed by atoms with Crippen LogP contribution in [0.1, 0.15) is 37.8 Å². The number of fused-ring (bicyclic) bond motifs is 1. The van der Waals surface area contributed by atoms with Crippen LogP contribution in [0.4, 0.5) is 11.5 Å². The van der Waals surface area contributed by atoms with Crippen LogP contribution in [-0.2, 0) is 26.0 Å². The second kappa shape index (κ2) is 8.63. The SMILES string of the molecule is CC(=O)N1c2ccc(S(=O)(=O)N3CCC(C(=O)Nc4ncccc4C)CC3)cc2C[C@H]1C. The van der Waals surface area contributed by atoms with E-state index >= 15 is 0 Å². The zero-order valence-electron chi connectivity index (χ0n) is 18.5. The minimum absolute atomic E-state index is 0.0115. The van der Waals surface area contributed by atoms with Gasteiger partial charge in [-0.15, -0.1) is 0 Å². The number of nitrogens with one attached hydrogen (secondary N) is 1. The first-order valence-electron chi connectivity index (χ1n) is 10.8. The maximum atomic E-state index is 13.2. The molecule has 1 atom stereocenters. The third-order valence-electron chi connectivity index (χ3n) is 6.32. The van der Waals surface area contributed by atoms with Gasteiger partial charge in [-0.3, -0.25) is 9.59 Å². The number of hydrogen-bond donors (Lipinski definition) is 1. The van der Waals surface area contributed by atoms with Crippen molar-refractivity contribution in [3.63, 3.8) is 0 Å². The van der Waals surface area contributed by atoms with Gasteiger partial charge in [0.25, 0.3) is 0 Å². The molecule has 1 aromatic carbocycles. The normalized spacial score (nSPS) is 19.6. The summed E-state index contributed by atoms with van der Waals surface area (Å²) in [7, 11) is -3.67. The van der Waals surface area contributed by atoms with Crippen LogP contribution in [-0.4, -0.2) is 48.7 Å². The fourth-order valence-corrected chi connectivity index (χ4v) is 6.11. The monoisotopic (exact) mass is 456 g/mol. The predicted octanol–water partition coefficient (Wildman–Crippen LogP) is 2.73. The third kappa shape index (κ3) is 4.14. The third-order valence-corrected chi connectivity index (χ3v) is 8.21. The second-order valence-corrected chi connectivity index (χ2v) is 10.5. The predicted molar refractivity (Wildman–Crippen MR) is 122 cm³/mol. The van der Waals surface area contributed by atoms with E-state index in [4.69, 9.17) is 0 Å². The van der Waals surface area contributed by atoms with Gasteiger partial charge in [-0.2, -0.15) is 4.31 Å². The Morgan fingerprint density at radius 1 is 1.16 bits per heavy atom. The molecular weight excluding hydrogens is 428 g/mol. The number of anilines is 2. The summed E-state index contributed by atoms with van der Waals surface area (Å²) in [6.07, 6.45) is 3.17. The van der Waals surface area contributed by atoms with E-state index in [9.17, 15) is 18.0 Å². The van der Waals surface area contributed by atoms with Crippen LogP contribution in [0.15, 0.2) is 41.4 Å². The highest BCUT2D eigenvalue weighted by atomic mass is 32.2. The molecule has 0 unspecified atom stereocenters. The van der Waals surface area contributed by atoms with Crippen LogP contribution < -0.4 is 10.2 Å². The Balaban J connectivity index is 1.43. The first-order valence-corrected chi connectivity index (χ1v) is 12.3. The molecule has 8 nitrogen and oxygen atoms in total. The topological polar surface area (TPSA) is 99.7 Å². The number of carbonyl (C=O) groups excluding carboxylic acids is 2. The number of amides is 2. The molecule has 0 aliphatic carbocycles. The summed E-state index contributed by atoms with van der Waals surface area (Å²) >= 11 is 0. The Labute approximate surface area is 188 Å². The number of piperidine rings is 1. The van der Waals surface area contributed by atoms with Crippen LogP contribution in [0.2, 0.25) is 0 Å². The molecule has 2 amide bonds. The summed E-state index contributed by atoms with van der Waals surface area (Å²) in [5, 5.41) is 2.86. The van der Waals surface area contributed by atoms with E-state index in [1.807, 2.05) is 26.0 Å². The molecule has 1 N–H and O–H groups in total. The van der Waals surface area contributed by atoms with Gasteiger partial charge in [0, 0.05) is 43.9 Å². The van der Waals surface area contributed by atoms with Gasteiger partial charge >= 0.3 is 0 Å². The minimum atomic E-state index is -3.67. The number of carbonyl (C=O) groups is 2. The lowest BCUT2D eigenvalue weighted by molar-refractivity contribution is -0.121. The quantitative estimate of drug-likeness (QED) is 0.763. The minimum Gasteiger partial charge on any atom is -0.310 e. The molecule has 2 aliphatic rings. The highest BCUT2D eigenvalue weighted by molar-refractivity contribution is 7.89. The number of pyridine rings is 1. The molecule has 2 aliphatic heterocycles. The van der Waals surface area contributed by atoms with E-state index in [1.165, 1.54) is 11.2 Å². The molecule has 9 heteroatoms. The van der Waals surface area contributed by atoms with Crippen molar-refractivity contribution >= 4 is 33.3 Å². The Hall–Kier alpha value is -2.78. The van der Waals surface area contributed by atoms with E-state index in [1.54, 1.807) is 29.3 Å². The molecule has 32 heavy (non-hydrogen) atoms. The highest BCUT2D eigenvalue weighted by Gasteiger charge is 2.34. The van der Waals surface area contributed by atoms with Crippen LogP contribution >= 0.6 is 0 Å². The largest absolute Gasteiger partial charge is 0.310 e. The van der Waals surface area contributed by atoms with Crippen molar-refractivity contribution in [3.8, 4) is 0 Å². The lowest BCUT2D eigenvalue weighted by Crippen LogP contribution is -2.41. The lowest BCUT2D eigenvalue weighted by Gasteiger charge is -2.30. The molecule has 0 saturated carbocycles. The number of aromatic nitrogens is 1. The summed E-state index contributed by atoms with van der Waals surface area (Å²) in [4.78, 5) is 30.7. The van der Waals surface area contributed by atoms with E-state index in [-0.39, 0.29) is 41.8 Å². The average Bonchev–Trinajstić information content (AvgIpc) is 3.10. The Bertz CT molecular complexity index is 1160. The van der Waals surface area contributed by atoms with Crippen molar-refractivity contribution in [2.75, 3.05) is 23.3 Å². The van der Waals surface area contributed by atoms with Gasteiger partial charge in [0.15, 0.2) is 0 Å². The number of aryl methyl sites for hydroxylation is 1. The molecule has 1 aromatic heterocycles. The Morgan fingerprint density at radius 3 is 2.53 bits per heavy atom. The van der Waals surface area contributed by atoms with Crippen molar-refractivity contribution < 1.29 is 18.0 Å². The number of nitrogens with zero attached hydrogens (tertiary/aromatic N) is 3. The Morgan fingerprint density at radius 2 is 1.88 bits per heavy atom. The summed E-state index contributed by atoms with van der Waals surface area (Å²) < 4.78 is 27.9. The summed E-state index contributed by atoms with van der Waals surface area (Å²) in [5.41, 5.74) is 2.54. The number of hydrogen-bond acceptors (Lipinski definition) is 5. The first kappa shape index (κ1) is 22.4. The van der Waals surface area contributed by atoms with Gasteiger partial charge in [0.2, 0.25) is 21.8 Å². The smallest absolute Gasteiger partial charge is 0.243 e. The van der Waals surface area contributed by atoms with E-state index in [0.29, 0.717) is 25.1 Å². The van der Waals surface area contributed by atoms with E-state index in [0.717, 1.165) is 16.8 Å². The molecule has 0 radical (unpaired) electrons. The summed E-state index contributed by atoms with van der Waals surface area (Å²) in [6.45, 7) is 5.93. The maximum Gasteiger partial charge on any atom is 0.243 e. The molecule has 4 rings (SSSR count). The maximum absolute atomic E-state index is 13.2. The zero-order valence-corrected chi connectivity index (χ0v) is 19.4. The number of rotatable bonds is 4. The van der Waals surface area contributed by atoms with Crippen LogP contribution in [0.5, 0.6) is 0 Å². The second-order valence-electron chi connectivity index (χ2n) is 8.57. The van der Waals surface area contributed by atoms with Crippen molar-refractivity contribution in [3.05, 3.63) is 47.7 Å². The van der Waals surface area contributed by atoms with Crippen LogP contribution in [0.3, 0.4) is 0 Å². The molecular formula is C23H28N4O4S. The van der Waals surface area contributed by atoms with Crippen molar-refractivity contribution in [2.24, 2.45) is 5.92 Å². The summed E-state index contributed by atoms with van der Waals surface area (Å²) in [5.74, 6) is 0.111. The Kier molecular flexibility index (Phi) is 6.05. The first-order chi connectivity index (χ1) is 15.2. The van der Waals surface area contributed by atoms with Gasteiger partial charge in [-0.25, -0.2) is 13.4 Å². The fourth-order valence-electron chi connectivity index (χ4n) is 4.59. The molecule has 170 valence electrons. The van der Waals surface area contributed by atoms with Gasteiger partial charge in [-0.1, -0.05) is 6.07 Å². The lowest BCUT2D eigenvalue weighted by atomic mass is 9.97. The van der Waals surface area contributed by atoms with E-state index in [2.05, 4.69) is 10.3 Å². The molecule has 2 aromatic rings. The van der Waals surface area contributed by atoms with Crippen LogP contribution in [0.25, 0.3) is 0 Å². The molecule has 3 heterocycles. The summed E-state index contributed by atoms with van der Waals surface area (Å²) in [6, 6.07) is 8.69. The van der Waals surface area contributed by atoms with Gasteiger partial charge in [-0.05, 0) is 68.5 Å². The number of benzene rings is 1. The average molecular weight is 457 g/mol. The highest BCUT2D eigenvalue weighted by Crippen LogP contribution is 2.35. The number of sulfonamides is 1. The zero-order chi connectivity index (χ0) is 23.0. The van der Waals surface area contributed by atoms with Gasteiger partial charge < -0.3 is 10.2 Å². The van der Waals surface area contributed by atoms with Crippen molar-refractivity contribution in [1.82, 2.24) is 9.29 Å². The van der Waals surface area contributed by atoms with Gasteiger partial charge in [0.1, 0.15) is 5.82 Å². The molecule has 1 saturated heterocycles. The van der Waals surface area contributed by atoms with Crippen molar-refractivity contribution in [2.45, 2.75) is 51.0 Å². The van der Waals surface area contributed by atoms with Crippen molar-refractivity contribution in [1.29, 1.82) is 0 Å².